The van der Waals surface area contributed by atoms with E-state index in [1.165, 1.54) is 16.3 Å². The number of hydrogen-bond donors (Lipinski definition) is 1. The standard InChI is InChI=1S/C16H13BO/c18-17-14-8-3-7-13(11-14)16-10-4-6-12-5-1-2-9-15(12)16/h1-11,17-18H. The Hall–Kier alpha value is -2.06. The number of benzene rings is 3. The smallest absolute Gasteiger partial charge is 0.304 e. The fourth-order valence-corrected chi connectivity index (χ4v) is 2.31. The largest absolute Gasteiger partial charge is 0.449 e. The summed E-state index contributed by atoms with van der Waals surface area (Å²) in [6, 6.07) is 22.7. The second kappa shape index (κ2) is 4.67. The zero-order valence-electron chi connectivity index (χ0n) is 10.0. The van der Waals surface area contributed by atoms with E-state index in [0.29, 0.717) is 0 Å². The molecule has 3 rings (SSSR count). The van der Waals surface area contributed by atoms with Crippen LogP contribution in [-0.2, 0) is 0 Å². The molecule has 0 fully saturated rings. The molecule has 0 radical (unpaired) electrons. The molecule has 18 heavy (non-hydrogen) atoms. The molecule has 0 unspecified atom stereocenters. The van der Waals surface area contributed by atoms with Gasteiger partial charge in [0.2, 0.25) is 0 Å². The van der Waals surface area contributed by atoms with Gasteiger partial charge < -0.3 is 5.02 Å². The minimum atomic E-state index is 0.0820. The van der Waals surface area contributed by atoms with Crippen LogP contribution >= 0.6 is 0 Å². The first kappa shape index (κ1) is 11.1. The Morgan fingerprint density at radius 1 is 0.778 bits per heavy atom. The van der Waals surface area contributed by atoms with Crippen LogP contribution in [0.5, 0.6) is 0 Å². The van der Waals surface area contributed by atoms with Gasteiger partial charge in [-0.1, -0.05) is 72.2 Å². The molecule has 0 saturated heterocycles. The molecule has 3 aromatic rings. The highest BCUT2D eigenvalue weighted by Crippen LogP contribution is 2.27. The van der Waals surface area contributed by atoms with E-state index < -0.39 is 0 Å². The predicted octanol–water partition coefficient (Wildman–Crippen LogP) is 2.48. The van der Waals surface area contributed by atoms with Crippen LogP contribution < -0.4 is 5.46 Å². The van der Waals surface area contributed by atoms with E-state index >= 15 is 0 Å². The second-order valence-electron chi connectivity index (χ2n) is 4.39. The van der Waals surface area contributed by atoms with Gasteiger partial charge in [0.1, 0.15) is 0 Å². The van der Waals surface area contributed by atoms with Crippen molar-refractivity contribution in [1.29, 1.82) is 0 Å². The van der Waals surface area contributed by atoms with Gasteiger partial charge in [0.15, 0.2) is 0 Å². The molecule has 86 valence electrons. The Labute approximate surface area is 107 Å². The van der Waals surface area contributed by atoms with Crippen molar-refractivity contribution < 1.29 is 5.02 Å². The summed E-state index contributed by atoms with van der Waals surface area (Å²) in [5, 5.41) is 11.7. The topological polar surface area (TPSA) is 20.2 Å². The third-order valence-electron chi connectivity index (χ3n) is 3.21. The minimum absolute atomic E-state index is 0.0820. The van der Waals surface area contributed by atoms with Gasteiger partial charge in [0, 0.05) is 0 Å². The lowest BCUT2D eigenvalue weighted by atomic mass is 9.86. The summed E-state index contributed by atoms with van der Waals surface area (Å²) in [5.74, 6) is 0. The van der Waals surface area contributed by atoms with E-state index in [4.69, 9.17) is 0 Å². The summed E-state index contributed by atoms with van der Waals surface area (Å²) >= 11 is 0. The maximum absolute atomic E-state index is 9.22. The van der Waals surface area contributed by atoms with Crippen LogP contribution in [0.2, 0.25) is 0 Å². The fourth-order valence-electron chi connectivity index (χ4n) is 2.31. The Morgan fingerprint density at radius 3 is 2.44 bits per heavy atom. The fraction of sp³-hybridized carbons (Fsp3) is 0. The normalized spacial score (nSPS) is 10.5. The van der Waals surface area contributed by atoms with Crippen LogP contribution in [0.1, 0.15) is 0 Å². The van der Waals surface area contributed by atoms with Crippen molar-refractivity contribution in [2.75, 3.05) is 0 Å². The molecule has 0 aliphatic rings. The maximum Gasteiger partial charge on any atom is 0.304 e. The van der Waals surface area contributed by atoms with E-state index in [0.717, 1.165) is 11.0 Å². The van der Waals surface area contributed by atoms with E-state index in [9.17, 15) is 5.02 Å². The van der Waals surface area contributed by atoms with Gasteiger partial charge in [-0.25, -0.2) is 0 Å². The lowest BCUT2D eigenvalue weighted by molar-refractivity contribution is 0.615. The average Bonchev–Trinajstić information content (AvgIpc) is 2.47. The first-order valence-corrected chi connectivity index (χ1v) is 6.06. The van der Waals surface area contributed by atoms with Crippen LogP contribution in [0.4, 0.5) is 0 Å². The Morgan fingerprint density at radius 2 is 1.56 bits per heavy atom. The zero-order valence-corrected chi connectivity index (χ0v) is 10.0. The molecule has 0 amide bonds. The van der Waals surface area contributed by atoms with Crippen LogP contribution in [0.15, 0.2) is 66.7 Å². The van der Waals surface area contributed by atoms with Gasteiger partial charge in [-0.05, 0) is 21.9 Å². The molecule has 0 aliphatic heterocycles. The van der Waals surface area contributed by atoms with Crippen molar-refractivity contribution in [2.45, 2.75) is 0 Å². The maximum atomic E-state index is 9.22. The van der Waals surface area contributed by atoms with E-state index in [1.54, 1.807) is 0 Å². The molecule has 0 bridgehead atoms. The number of fused-ring (bicyclic) bond motifs is 1. The molecule has 0 heterocycles. The summed E-state index contributed by atoms with van der Waals surface area (Å²) in [5.41, 5.74) is 3.31. The highest BCUT2D eigenvalue weighted by molar-refractivity contribution is 6.45. The van der Waals surface area contributed by atoms with Crippen molar-refractivity contribution in [3.05, 3.63) is 66.7 Å². The highest BCUT2D eigenvalue weighted by atomic mass is 16.2. The first-order chi connectivity index (χ1) is 8.88. The van der Waals surface area contributed by atoms with Crippen molar-refractivity contribution in [3.8, 4) is 11.1 Å². The molecule has 2 heteroatoms. The van der Waals surface area contributed by atoms with Gasteiger partial charge >= 0.3 is 7.48 Å². The molecule has 0 atom stereocenters. The molecule has 0 saturated carbocycles. The summed E-state index contributed by atoms with van der Waals surface area (Å²) in [4.78, 5) is 0. The van der Waals surface area contributed by atoms with E-state index in [-0.39, 0.29) is 7.48 Å². The van der Waals surface area contributed by atoms with Crippen molar-refractivity contribution in [2.24, 2.45) is 0 Å². The van der Waals surface area contributed by atoms with Crippen LogP contribution in [0.3, 0.4) is 0 Å². The summed E-state index contributed by atoms with van der Waals surface area (Å²) in [7, 11) is 0.0820. The van der Waals surface area contributed by atoms with E-state index in [1.807, 2.05) is 18.2 Å². The van der Waals surface area contributed by atoms with Gasteiger partial charge in [0.05, 0.1) is 0 Å². The van der Waals surface area contributed by atoms with Gasteiger partial charge in [-0.3, -0.25) is 0 Å². The predicted molar refractivity (Wildman–Crippen MR) is 78.4 cm³/mol. The lowest BCUT2D eigenvalue weighted by Gasteiger charge is -2.07. The van der Waals surface area contributed by atoms with Crippen LogP contribution in [0.25, 0.3) is 21.9 Å². The first-order valence-electron chi connectivity index (χ1n) is 6.06. The summed E-state index contributed by atoms with van der Waals surface area (Å²) in [6.45, 7) is 0. The molecular weight excluding hydrogens is 219 g/mol. The minimum Gasteiger partial charge on any atom is -0.449 e. The molecule has 3 aromatic carbocycles. The highest BCUT2D eigenvalue weighted by Gasteiger charge is 2.03. The summed E-state index contributed by atoms with van der Waals surface area (Å²) < 4.78 is 0. The quantitative estimate of drug-likeness (QED) is 0.673. The number of hydrogen-bond acceptors (Lipinski definition) is 1. The third kappa shape index (κ3) is 1.91. The van der Waals surface area contributed by atoms with Crippen LogP contribution in [-0.4, -0.2) is 12.5 Å². The Balaban J connectivity index is 2.24. The Kier molecular flexibility index (Phi) is 2.87. The van der Waals surface area contributed by atoms with Crippen molar-refractivity contribution in [3.63, 3.8) is 0 Å². The molecule has 1 N–H and O–H groups in total. The SMILES string of the molecule is OBc1cccc(-c2cccc3ccccc23)c1. The molecular formula is C16H13BO. The monoisotopic (exact) mass is 232 g/mol. The van der Waals surface area contributed by atoms with Gasteiger partial charge in [-0.15, -0.1) is 0 Å². The molecule has 0 aliphatic carbocycles. The van der Waals surface area contributed by atoms with Crippen LogP contribution in [0, 0.1) is 0 Å². The zero-order chi connectivity index (χ0) is 12.4. The molecule has 1 nitrogen and oxygen atoms in total. The van der Waals surface area contributed by atoms with E-state index in [2.05, 4.69) is 48.5 Å². The average molecular weight is 232 g/mol. The van der Waals surface area contributed by atoms with Gasteiger partial charge in [-0.2, -0.15) is 0 Å². The second-order valence-corrected chi connectivity index (χ2v) is 4.39. The summed E-state index contributed by atoms with van der Waals surface area (Å²) in [6.07, 6.45) is 0. The van der Waals surface area contributed by atoms with Crippen molar-refractivity contribution >= 4 is 23.7 Å². The Bertz CT molecular complexity index is 686. The molecule has 0 aromatic heterocycles. The number of rotatable bonds is 2. The van der Waals surface area contributed by atoms with Crippen molar-refractivity contribution in [1.82, 2.24) is 0 Å². The third-order valence-corrected chi connectivity index (χ3v) is 3.21. The van der Waals surface area contributed by atoms with Gasteiger partial charge in [0.25, 0.3) is 0 Å². The lowest BCUT2D eigenvalue weighted by Crippen LogP contribution is -2.12. The molecule has 0 spiro atoms.